The third kappa shape index (κ3) is 7.24. The molecule has 0 saturated carbocycles. The molecule has 0 saturated heterocycles. The van der Waals surface area contributed by atoms with Crippen LogP contribution < -0.4 is 10.1 Å². The quantitative estimate of drug-likeness (QED) is 0.429. The van der Waals surface area contributed by atoms with Crippen LogP contribution in [0.3, 0.4) is 0 Å². The van der Waals surface area contributed by atoms with Gasteiger partial charge in [0, 0.05) is 24.2 Å². The first-order chi connectivity index (χ1) is 14.2. The maximum Gasteiger partial charge on any atom is 0.248 e. The van der Waals surface area contributed by atoms with Gasteiger partial charge in [-0.25, -0.2) is 0 Å². The molecule has 1 N–H and O–H groups in total. The number of pyridine rings is 1. The van der Waals surface area contributed by atoms with Crippen molar-refractivity contribution in [3.05, 3.63) is 95.8 Å². The predicted molar refractivity (Wildman–Crippen MR) is 115 cm³/mol. The number of nitrogens with zero attached hydrogens (tertiary/aromatic N) is 1. The van der Waals surface area contributed by atoms with Crippen LogP contribution in [0.5, 0.6) is 5.75 Å². The van der Waals surface area contributed by atoms with Gasteiger partial charge in [-0.05, 0) is 60.0 Å². The highest BCUT2D eigenvalue weighted by Crippen LogP contribution is 2.13. The zero-order valence-electron chi connectivity index (χ0n) is 16.4. The molecule has 0 radical (unpaired) electrons. The summed E-state index contributed by atoms with van der Waals surface area (Å²) in [5, 5.41) is 2.86. The molecular formula is C24H24N2O3. The van der Waals surface area contributed by atoms with Gasteiger partial charge < -0.3 is 14.8 Å². The Balaban J connectivity index is 1.43. The molecule has 5 nitrogen and oxygen atoms in total. The highest BCUT2D eigenvalue weighted by Gasteiger charge is 2.01. The van der Waals surface area contributed by atoms with Gasteiger partial charge in [-0.3, -0.25) is 9.78 Å². The van der Waals surface area contributed by atoms with Crippen molar-refractivity contribution in [2.24, 2.45) is 0 Å². The Bertz CT molecular complexity index is 955. The molecule has 1 amide bonds. The van der Waals surface area contributed by atoms with Crippen molar-refractivity contribution >= 4 is 17.7 Å². The number of amides is 1. The molecule has 148 valence electrons. The third-order valence-electron chi connectivity index (χ3n) is 4.03. The Morgan fingerprint density at radius 2 is 1.90 bits per heavy atom. The first-order valence-electron chi connectivity index (χ1n) is 9.44. The summed E-state index contributed by atoms with van der Waals surface area (Å²) in [6.07, 6.45) is 6.74. The minimum absolute atomic E-state index is 0.194. The molecule has 0 bridgehead atoms. The molecule has 1 aromatic heterocycles. The molecule has 0 spiro atoms. The van der Waals surface area contributed by atoms with Crippen molar-refractivity contribution in [3.63, 3.8) is 0 Å². The number of aromatic nitrogens is 1. The molecule has 3 rings (SSSR count). The van der Waals surface area contributed by atoms with Gasteiger partial charge in [0.2, 0.25) is 5.91 Å². The van der Waals surface area contributed by atoms with Crippen LogP contribution in [-0.4, -0.2) is 24.1 Å². The molecule has 5 heteroatoms. The summed E-state index contributed by atoms with van der Waals surface area (Å²) in [6, 6.07) is 19.2. The Hall–Kier alpha value is -3.44. The van der Waals surface area contributed by atoms with Crippen molar-refractivity contribution in [2.45, 2.75) is 13.5 Å². The van der Waals surface area contributed by atoms with E-state index in [1.807, 2.05) is 67.6 Å². The zero-order valence-corrected chi connectivity index (χ0v) is 16.4. The van der Waals surface area contributed by atoms with Crippen molar-refractivity contribution in [3.8, 4) is 5.75 Å². The number of hydrogen-bond donors (Lipinski definition) is 1. The van der Waals surface area contributed by atoms with E-state index in [2.05, 4.69) is 10.3 Å². The number of carbonyl (C=O) groups excluding carboxylic acids is 1. The van der Waals surface area contributed by atoms with E-state index in [9.17, 15) is 4.79 Å². The van der Waals surface area contributed by atoms with Gasteiger partial charge in [0.05, 0.1) is 13.2 Å². The van der Waals surface area contributed by atoms with Gasteiger partial charge in [-0.1, -0.05) is 30.3 Å². The third-order valence-corrected chi connectivity index (χ3v) is 4.03. The van der Waals surface area contributed by atoms with Gasteiger partial charge >= 0.3 is 0 Å². The number of carbonyl (C=O) groups is 1. The largest absolute Gasteiger partial charge is 0.491 e. The van der Waals surface area contributed by atoms with Gasteiger partial charge in [-0.15, -0.1) is 0 Å². The summed E-state index contributed by atoms with van der Waals surface area (Å²) in [5.74, 6) is 0.635. The lowest BCUT2D eigenvalue weighted by Gasteiger charge is -2.08. The number of hydrogen-bond acceptors (Lipinski definition) is 4. The topological polar surface area (TPSA) is 60.5 Å². The molecule has 0 atom stereocenters. The Morgan fingerprint density at radius 1 is 1.03 bits per heavy atom. The van der Waals surface area contributed by atoms with Crippen LogP contribution in [0, 0.1) is 6.92 Å². The predicted octanol–water partition coefficient (Wildman–Crippen LogP) is 4.64. The second-order valence-corrected chi connectivity index (χ2v) is 6.53. The molecule has 1 heterocycles. The number of para-hydroxylation sites is 1. The van der Waals surface area contributed by atoms with E-state index in [4.69, 9.17) is 9.47 Å². The summed E-state index contributed by atoms with van der Waals surface area (Å²) < 4.78 is 11.3. The minimum atomic E-state index is -0.194. The van der Waals surface area contributed by atoms with Crippen LogP contribution in [0.2, 0.25) is 0 Å². The molecule has 3 aromatic rings. The lowest BCUT2D eigenvalue weighted by atomic mass is 10.2. The molecule has 0 aliphatic heterocycles. The monoisotopic (exact) mass is 388 g/mol. The van der Waals surface area contributed by atoms with Crippen LogP contribution in [0.4, 0.5) is 5.69 Å². The van der Waals surface area contributed by atoms with E-state index < -0.39 is 0 Å². The Labute approximate surface area is 171 Å². The van der Waals surface area contributed by atoms with Gasteiger partial charge in [0.1, 0.15) is 12.4 Å². The highest BCUT2D eigenvalue weighted by molar-refractivity contribution is 6.01. The molecule has 2 aromatic carbocycles. The second kappa shape index (κ2) is 10.8. The fourth-order valence-electron chi connectivity index (χ4n) is 2.69. The van der Waals surface area contributed by atoms with E-state index in [0.29, 0.717) is 19.8 Å². The molecular weight excluding hydrogens is 364 g/mol. The molecule has 0 aliphatic rings. The zero-order chi connectivity index (χ0) is 20.3. The molecule has 0 unspecified atom stereocenters. The van der Waals surface area contributed by atoms with E-state index in [0.717, 1.165) is 28.1 Å². The minimum Gasteiger partial charge on any atom is -0.491 e. The molecule has 0 fully saturated rings. The first-order valence-corrected chi connectivity index (χ1v) is 9.44. The maximum absolute atomic E-state index is 12.1. The molecule has 29 heavy (non-hydrogen) atoms. The van der Waals surface area contributed by atoms with Crippen LogP contribution in [0.25, 0.3) is 6.08 Å². The van der Waals surface area contributed by atoms with Crippen molar-refractivity contribution < 1.29 is 14.3 Å². The highest BCUT2D eigenvalue weighted by atomic mass is 16.5. The molecule has 0 aliphatic carbocycles. The number of anilines is 1. The average Bonchev–Trinajstić information content (AvgIpc) is 2.73. The summed E-state index contributed by atoms with van der Waals surface area (Å²) >= 11 is 0. The van der Waals surface area contributed by atoms with E-state index in [1.54, 1.807) is 18.5 Å². The number of benzene rings is 2. The number of nitrogens with one attached hydrogen (secondary N) is 1. The summed E-state index contributed by atoms with van der Waals surface area (Å²) in [6.45, 7) is 3.39. The van der Waals surface area contributed by atoms with Crippen molar-refractivity contribution in [1.82, 2.24) is 4.98 Å². The summed E-state index contributed by atoms with van der Waals surface area (Å²) in [5.41, 5.74) is 3.65. The van der Waals surface area contributed by atoms with Gasteiger partial charge in [0.25, 0.3) is 0 Å². The van der Waals surface area contributed by atoms with Gasteiger partial charge in [-0.2, -0.15) is 0 Å². The van der Waals surface area contributed by atoms with E-state index in [-0.39, 0.29) is 5.91 Å². The summed E-state index contributed by atoms with van der Waals surface area (Å²) in [7, 11) is 0. The van der Waals surface area contributed by atoms with E-state index >= 15 is 0 Å². The van der Waals surface area contributed by atoms with Crippen LogP contribution in [0.15, 0.2) is 79.1 Å². The average molecular weight is 388 g/mol. The normalized spacial score (nSPS) is 10.8. The maximum atomic E-state index is 12.1. The Morgan fingerprint density at radius 3 is 2.72 bits per heavy atom. The fraction of sp³-hybridized carbons (Fsp3) is 0.167. The first kappa shape index (κ1) is 20.3. The second-order valence-electron chi connectivity index (χ2n) is 6.53. The number of rotatable bonds is 9. The number of ether oxygens (including phenoxy) is 2. The smallest absolute Gasteiger partial charge is 0.248 e. The summed E-state index contributed by atoms with van der Waals surface area (Å²) in [4.78, 5) is 16.3. The van der Waals surface area contributed by atoms with E-state index in [1.165, 1.54) is 6.08 Å². The van der Waals surface area contributed by atoms with Crippen LogP contribution in [-0.2, 0) is 16.1 Å². The Kier molecular flexibility index (Phi) is 7.55. The van der Waals surface area contributed by atoms with Gasteiger partial charge in [0.15, 0.2) is 0 Å². The standard InChI is InChI=1S/C24H24N2O3/c1-19-14-20(17-25-16-19)10-11-24(27)26-22-7-5-6-21(15-22)18-28-12-13-29-23-8-3-2-4-9-23/h2-11,14-17H,12-13,18H2,1H3,(H,26,27)/b11-10+. The number of aryl methyl sites for hydroxylation is 1. The van der Waals surface area contributed by atoms with Crippen LogP contribution in [0.1, 0.15) is 16.7 Å². The van der Waals surface area contributed by atoms with Crippen molar-refractivity contribution in [2.75, 3.05) is 18.5 Å². The fourth-order valence-corrected chi connectivity index (χ4v) is 2.69. The van der Waals surface area contributed by atoms with Crippen LogP contribution >= 0.6 is 0 Å². The lowest BCUT2D eigenvalue weighted by molar-refractivity contribution is -0.111. The van der Waals surface area contributed by atoms with Crippen molar-refractivity contribution in [1.29, 1.82) is 0 Å². The lowest BCUT2D eigenvalue weighted by Crippen LogP contribution is -2.09. The SMILES string of the molecule is Cc1cncc(/C=C/C(=O)Nc2cccc(COCCOc3ccccc3)c2)c1.